The Hall–Kier alpha value is -1.46. The van der Waals surface area contributed by atoms with E-state index in [1.54, 1.807) is 11.3 Å². The number of benzene rings is 1. The molecule has 1 fully saturated rings. The van der Waals surface area contributed by atoms with Crippen molar-refractivity contribution in [1.29, 1.82) is 0 Å². The van der Waals surface area contributed by atoms with Gasteiger partial charge >= 0.3 is 0 Å². The number of aromatic nitrogens is 1. The van der Waals surface area contributed by atoms with Gasteiger partial charge in [-0.25, -0.2) is 4.98 Å². The van der Waals surface area contributed by atoms with Gasteiger partial charge in [0.2, 0.25) is 0 Å². The van der Waals surface area contributed by atoms with Crippen LogP contribution in [-0.4, -0.2) is 28.1 Å². The summed E-state index contributed by atoms with van der Waals surface area (Å²) in [5.74, 6) is 0. The van der Waals surface area contributed by atoms with E-state index >= 15 is 0 Å². The SMILES string of the molecule is C=C(C)CNC(=S)N1CCC[C@@H]1c1nc2ccccc2s1. The lowest BCUT2D eigenvalue weighted by Crippen LogP contribution is -2.39. The highest BCUT2D eigenvalue weighted by Gasteiger charge is 2.30. The molecule has 0 radical (unpaired) electrons. The van der Waals surface area contributed by atoms with Crippen LogP contribution in [0.1, 0.15) is 30.8 Å². The molecule has 0 aliphatic carbocycles. The Morgan fingerprint density at radius 3 is 3.10 bits per heavy atom. The molecule has 1 saturated heterocycles. The molecule has 1 aromatic carbocycles. The monoisotopic (exact) mass is 317 g/mol. The zero-order chi connectivity index (χ0) is 14.8. The lowest BCUT2D eigenvalue weighted by Gasteiger charge is -2.26. The lowest BCUT2D eigenvalue weighted by molar-refractivity contribution is 0.394. The minimum absolute atomic E-state index is 0.313. The zero-order valence-electron chi connectivity index (χ0n) is 12.1. The van der Waals surface area contributed by atoms with Crippen molar-refractivity contribution in [3.05, 3.63) is 41.4 Å². The number of hydrogen-bond acceptors (Lipinski definition) is 3. The van der Waals surface area contributed by atoms with E-state index in [9.17, 15) is 0 Å². The summed E-state index contributed by atoms with van der Waals surface area (Å²) in [4.78, 5) is 7.07. The van der Waals surface area contributed by atoms with E-state index in [1.165, 1.54) is 9.71 Å². The first kappa shape index (κ1) is 14.5. The number of thiazole rings is 1. The second kappa shape index (κ2) is 6.12. The van der Waals surface area contributed by atoms with Crippen LogP contribution in [0, 0.1) is 0 Å². The Kier molecular flexibility index (Phi) is 4.22. The van der Waals surface area contributed by atoms with Crippen LogP contribution in [0.2, 0.25) is 0 Å². The van der Waals surface area contributed by atoms with E-state index in [0.717, 1.165) is 42.1 Å². The van der Waals surface area contributed by atoms with Crippen LogP contribution >= 0.6 is 23.6 Å². The third-order valence-electron chi connectivity index (χ3n) is 3.65. The topological polar surface area (TPSA) is 28.2 Å². The van der Waals surface area contributed by atoms with Gasteiger partial charge in [-0.05, 0) is 44.1 Å². The number of hydrogen-bond donors (Lipinski definition) is 1. The Balaban J connectivity index is 1.79. The van der Waals surface area contributed by atoms with Crippen molar-refractivity contribution in [3.63, 3.8) is 0 Å². The average molecular weight is 317 g/mol. The molecule has 0 spiro atoms. The van der Waals surface area contributed by atoms with Crippen molar-refractivity contribution in [1.82, 2.24) is 15.2 Å². The third kappa shape index (κ3) is 3.09. The molecule has 1 aromatic heterocycles. The largest absolute Gasteiger partial charge is 0.359 e. The van der Waals surface area contributed by atoms with Crippen LogP contribution < -0.4 is 5.32 Å². The predicted octanol–water partition coefficient (Wildman–Crippen LogP) is 3.88. The van der Waals surface area contributed by atoms with E-state index < -0.39 is 0 Å². The molecule has 21 heavy (non-hydrogen) atoms. The van der Waals surface area contributed by atoms with Crippen LogP contribution in [0.4, 0.5) is 0 Å². The second-order valence-corrected chi connectivity index (χ2v) is 6.94. The molecule has 0 bridgehead atoms. The molecule has 1 N–H and O–H groups in total. The first-order valence-corrected chi connectivity index (χ1v) is 8.42. The van der Waals surface area contributed by atoms with Crippen LogP contribution in [-0.2, 0) is 0 Å². The molecular formula is C16H19N3S2. The molecule has 0 amide bonds. The fourth-order valence-corrected chi connectivity index (χ4v) is 4.03. The summed E-state index contributed by atoms with van der Waals surface area (Å²) in [6.45, 7) is 7.65. The molecule has 2 aromatic rings. The summed E-state index contributed by atoms with van der Waals surface area (Å²) >= 11 is 7.32. The molecule has 5 heteroatoms. The van der Waals surface area contributed by atoms with Crippen molar-refractivity contribution in [3.8, 4) is 0 Å². The zero-order valence-corrected chi connectivity index (χ0v) is 13.8. The first-order valence-electron chi connectivity index (χ1n) is 7.19. The molecule has 0 saturated carbocycles. The summed E-state index contributed by atoms with van der Waals surface area (Å²) < 4.78 is 1.25. The molecule has 3 nitrogen and oxygen atoms in total. The van der Waals surface area contributed by atoms with Gasteiger partial charge in [0.05, 0.1) is 16.3 Å². The van der Waals surface area contributed by atoms with Crippen molar-refractivity contribution < 1.29 is 0 Å². The summed E-state index contributed by atoms with van der Waals surface area (Å²) in [7, 11) is 0. The van der Waals surface area contributed by atoms with E-state index in [4.69, 9.17) is 17.2 Å². The standard InChI is InChI=1S/C16H19N3S2/c1-11(2)10-17-16(20)19-9-5-7-13(19)15-18-12-6-3-4-8-14(12)21-15/h3-4,6,8,13H,1,5,7,9-10H2,2H3,(H,17,20)/t13-/m1/s1. The van der Waals surface area contributed by atoms with E-state index in [2.05, 4.69) is 35.0 Å². The van der Waals surface area contributed by atoms with Gasteiger partial charge in [-0.2, -0.15) is 0 Å². The van der Waals surface area contributed by atoms with Gasteiger partial charge in [-0.1, -0.05) is 24.3 Å². The Bertz CT molecular complexity index is 644. The third-order valence-corrected chi connectivity index (χ3v) is 5.17. The lowest BCUT2D eigenvalue weighted by atomic mass is 10.2. The minimum atomic E-state index is 0.313. The number of nitrogens with one attached hydrogen (secondary N) is 1. The Labute approximate surface area is 134 Å². The van der Waals surface area contributed by atoms with Crippen LogP contribution in [0.3, 0.4) is 0 Å². The molecule has 3 rings (SSSR count). The van der Waals surface area contributed by atoms with Gasteiger partial charge in [0, 0.05) is 13.1 Å². The van der Waals surface area contributed by atoms with Gasteiger partial charge in [0.1, 0.15) is 5.01 Å². The molecule has 110 valence electrons. The number of rotatable bonds is 3. The molecule has 1 aliphatic heterocycles. The van der Waals surface area contributed by atoms with E-state index in [1.807, 2.05) is 13.0 Å². The number of para-hydroxylation sites is 1. The fourth-order valence-electron chi connectivity index (χ4n) is 2.63. The van der Waals surface area contributed by atoms with E-state index in [0.29, 0.717) is 6.04 Å². The molecule has 1 atom stereocenters. The molecule has 1 aliphatic rings. The Morgan fingerprint density at radius 1 is 1.52 bits per heavy atom. The van der Waals surface area contributed by atoms with Gasteiger partial charge in [0.15, 0.2) is 5.11 Å². The molecule has 2 heterocycles. The van der Waals surface area contributed by atoms with Gasteiger partial charge in [-0.3, -0.25) is 0 Å². The highest BCUT2D eigenvalue weighted by Crippen LogP contribution is 2.36. The number of thiocarbonyl (C=S) groups is 1. The number of fused-ring (bicyclic) bond motifs is 1. The quantitative estimate of drug-likeness (QED) is 0.687. The minimum Gasteiger partial charge on any atom is -0.359 e. The predicted molar refractivity (Wildman–Crippen MR) is 93.7 cm³/mol. The van der Waals surface area contributed by atoms with Crippen molar-refractivity contribution in [2.45, 2.75) is 25.8 Å². The maximum atomic E-state index is 5.54. The summed E-state index contributed by atoms with van der Waals surface area (Å²) in [6.07, 6.45) is 2.28. The maximum absolute atomic E-state index is 5.54. The van der Waals surface area contributed by atoms with Gasteiger partial charge < -0.3 is 10.2 Å². The molecule has 0 unspecified atom stereocenters. The van der Waals surface area contributed by atoms with E-state index in [-0.39, 0.29) is 0 Å². The summed E-state index contributed by atoms with van der Waals surface area (Å²) in [5, 5.41) is 5.29. The van der Waals surface area contributed by atoms with Gasteiger partial charge in [-0.15, -0.1) is 11.3 Å². The van der Waals surface area contributed by atoms with Gasteiger partial charge in [0.25, 0.3) is 0 Å². The van der Waals surface area contributed by atoms with Crippen molar-refractivity contribution >= 4 is 38.9 Å². The van der Waals surface area contributed by atoms with Crippen molar-refractivity contribution in [2.75, 3.05) is 13.1 Å². The number of likely N-dealkylation sites (tertiary alicyclic amines) is 1. The highest BCUT2D eigenvalue weighted by atomic mass is 32.1. The van der Waals surface area contributed by atoms with Crippen LogP contribution in [0.5, 0.6) is 0 Å². The highest BCUT2D eigenvalue weighted by molar-refractivity contribution is 7.80. The average Bonchev–Trinajstić information content (AvgIpc) is 3.10. The molecular weight excluding hydrogens is 298 g/mol. The van der Waals surface area contributed by atoms with Crippen molar-refractivity contribution in [2.24, 2.45) is 0 Å². The maximum Gasteiger partial charge on any atom is 0.169 e. The fraction of sp³-hybridized carbons (Fsp3) is 0.375. The Morgan fingerprint density at radius 2 is 2.33 bits per heavy atom. The normalized spacial score (nSPS) is 18.1. The van der Waals surface area contributed by atoms with Crippen LogP contribution in [0.25, 0.3) is 10.2 Å². The second-order valence-electron chi connectivity index (χ2n) is 5.49. The first-order chi connectivity index (χ1) is 10.1. The van der Waals surface area contributed by atoms with Crippen LogP contribution in [0.15, 0.2) is 36.4 Å². The number of nitrogens with zero attached hydrogens (tertiary/aromatic N) is 2. The smallest absolute Gasteiger partial charge is 0.169 e. The summed E-state index contributed by atoms with van der Waals surface area (Å²) in [5.41, 5.74) is 2.18. The summed E-state index contributed by atoms with van der Waals surface area (Å²) in [6, 6.07) is 8.62.